The Labute approximate surface area is 119 Å². The van der Waals surface area contributed by atoms with Crippen LogP contribution in [0.5, 0.6) is 0 Å². The van der Waals surface area contributed by atoms with Gasteiger partial charge in [-0.3, -0.25) is 0 Å². The summed E-state index contributed by atoms with van der Waals surface area (Å²) in [5.41, 5.74) is 5.64. The molecule has 4 nitrogen and oxygen atoms in total. The van der Waals surface area contributed by atoms with E-state index in [1.54, 1.807) is 15.8 Å². The maximum Gasteiger partial charge on any atom is 0.244 e. The number of hydrogen-bond acceptors (Lipinski definition) is 4. The van der Waals surface area contributed by atoms with Gasteiger partial charge >= 0.3 is 0 Å². The molecule has 3 unspecified atom stereocenters. The number of sulfonamides is 1. The van der Waals surface area contributed by atoms with E-state index in [1.807, 2.05) is 6.92 Å². The Hall–Kier alpha value is -0.430. The molecule has 1 saturated heterocycles. The van der Waals surface area contributed by atoms with E-state index in [2.05, 4.69) is 13.8 Å². The van der Waals surface area contributed by atoms with Gasteiger partial charge in [-0.25, -0.2) is 8.42 Å². The second-order valence-corrected chi connectivity index (χ2v) is 8.41. The first-order valence-electron chi connectivity index (χ1n) is 6.66. The highest BCUT2D eigenvalue weighted by molar-refractivity contribution is 7.89. The number of rotatable bonds is 3. The van der Waals surface area contributed by atoms with Crippen LogP contribution in [0.15, 0.2) is 16.3 Å². The molecule has 2 heterocycles. The van der Waals surface area contributed by atoms with Gasteiger partial charge in [0.25, 0.3) is 0 Å². The fraction of sp³-hybridized carbons (Fsp3) is 0.692. The molecule has 0 aliphatic carbocycles. The first-order chi connectivity index (χ1) is 8.87. The van der Waals surface area contributed by atoms with Crippen molar-refractivity contribution in [2.45, 2.75) is 44.7 Å². The maximum atomic E-state index is 12.8. The van der Waals surface area contributed by atoms with Gasteiger partial charge in [0.05, 0.1) is 4.90 Å². The van der Waals surface area contributed by atoms with E-state index in [0.717, 1.165) is 11.3 Å². The highest BCUT2D eigenvalue weighted by Gasteiger charge is 2.38. The Bertz CT molecular complexity index is 539. The van der Waals surface area contributed by atoms with Gasteiger partial charge in [-0.05, 0) is 36.6 Å². The number of piperidine rings is 1. The van der Waals surface area contributed by atoms with Crippen LogP contribution in [0.4, 0.5) is 0 Å². The van der Waals surface area contributed by atoms with Crippen LogP contribution in [0.25, 0.3) is 0 Å². The molecule has 0 saturated carbocycles. The fourth-order valence-electron chi connectivity index (χ4n) is 2.81. The van der Waals surface area contributed by atoms with Crippen molar-refractivity contribution in [3.63, 3.8) is 0 Å². The van der Waals surface area contributed by atoms with Crippen molar-refractivity contribution >= 4 is 21.4 Å². The summed E-state index contributed by atoms with van der Waals surface area (Å²) < 4.78 is 27.3. The lowest BCUT2D eigenvalue weighted by Gasteiger charge is -2.40. The average molecular weight is 302 g/mol. The van der Waals surface area contributed by atoms with Crippen LogP contribution in [-0.4, -0.2) is 25.3 Å². The third-order valence-electron chi connectivity index (χ3n) is 4.02. The zero-order valence-corrected chi connectivity index (χ0v) is 13.3. The van der Waals surface area contributed by atoms with Crippen LogP contribution in [-0.2, 0) is 16.6 Å². The van der Waals surface area contributed by atoms with Gasteiger partial charge in [-0.15, -0.1) is 11.3 Å². The topological polar surface area (TPSA) is 63.4 Å². The quantitative estimate of drug-likeness (QED) is 0.931. The van der Waals surface area contributed by atoms with E-state index >= 15 is 0 Å². The Morgan fingerprint density at radius 3 is 2.74 bits per heavy atom. The molecule has 0 aromatic carbocycles. The molecule has 1 fully saturated rings. The Morgan fingerprint density at radius 1 is 1.42 bits per heavy atom. The molecule has 0 bridgehead atoms. The minimum Gasteiger partial charge on any atom is -0.326 e. The monoisotopic (exact) mass is 302 g/mol. The average Bonchev–Trinajstić information content (AvgIpc) is 2.82. The fourth-order valence-corrected chi connectivity index (χ4v) is 5.97. The molecule has 1 aliphatic rings. The number of hydrogen-bond donors (Lipinski definition) is 1. The summed E-state index contributed by atoms with van der Waals surface area (Å²) in [4.78, 5) is 1.14. The molecule has 0 radical (unpaired) electrons. The van der Waals surface area contributed by atoms with Crippen molar-refractivity contribution in [2.24, 2.45) is 17.6 Å². The summed E-state index contributed by atoms with van der Waals surface area (Å²) in [6.07, 6.45) is 1.08. The molecule has 3 atom stereocenters. The summed E-state index contributed by atoms with van der Waals surface area (Å²) >= 11 is 1.41. The van der Waals surface area contributed by atoms with Crippen molar-refractivity contribution < 1.29 is 8.42 Å². The highest BCUT2D eigenvalue weighted by atomic mass is 32.2. The SMILES string of the molecule is CC1CC(C)C(C)N(S(=O)(=O)c2ccsc2CN)C1. The summed E-state index contributed by atoms with van der Waals surface area (Å²) in [5.74, 6) is 0.791. The van der Waals surface area contributed by atoms with Crippen LogP contribution in [0.1, 0.15) is 32.1 Å². The van der Waals surface area contributed by atoms with Crippen molar-refractivity contribution in [3.05, 3.63) is 16.3 Å². The zero-order chi connectivity index (χ0) is 14.2. The van der Waals surface area contributed by atoms with Gasteiger partial charge in [0, 0.05) is 24.0 Å². The standard InChI is InChI=1S/C13H22N2O2S2/c1-9-6-10(2)11(3)15(8-9)19(16,17)13-4-5-18-12(13)7-14/h4-5,9-11H,6-8,14H2,1-3H3. The lowest BCUT2D eigenvalue weighted by atomic mass is 9.88. The van der Waals surface area contributed by atoms with Crippen molar-refractivity contribution in [3.8, 4) is 0 Å². The van der Waals surface area contributed by atoms with E-state index in [9.17, 15) is 8.42 Å². The molecule has 1 aromatic heterocycles. The van der Waals surface area contributed by atoms with Gasteiger partial charge in [0.2, 0.25) is 10.0 Å². The number of nitrogens with two attached hydrogens (primary N) is 1. The Balaban J connectivity index is 2.38. The molecule has 0 spiro atoms. The molecule has 1 aliphatic heterocycles. The normalized spacial score (nSPS) is 29.6. The first-order valence-corrected chi connectivity index (χ1v) is 8.98. The minimum atomic E-state index is -3.41. The van der Waals surface area contributed by atoms with Gasteiger partial charge in [-0.2, -0.15) is 4.31 Å². The zero-order valence-electron chi connectivity index (χ0n) is 11.7. The molecule has 108 valence electrons. The maximum absolute atomic E-state index is 12.8. The first kappa shape index (κ1) is 15.0. The minimum absolute atomic E-state index is 0.0479. The highest BCUT2D eigenvalue weighted by Crippen LogP contribution is 2.33. The molecule has 2 rings (SSSR count). The van der Waals surface area contributed by atoms with Gasteiger partial charge in [-0.1, -0.05) is 13.8 Å². The lowest BCUT2D eigenvalue weighted by Crippen LogP contribution is -2.48. The van der Waals surface area contributed by atoms with Crippen LogP contribution in [0.3, 0.4) is 0 Å². The van der Waals surface area contributed by atoms with Crippen LogP contribution >= 0.6 is 11.3 Å². The van der Waals surface area contributed by atoms with Gasteiger partial charge < -0.3 is 5.73 Å². The predicted molar refractivity (Wildman–Crippen MR) is 78.5 cm³/mol. The van der Waals surface area contributed by atoms with Crippen molar-refractivity contribution in [1.82, 2.24) is 4.31 Å². The Morgan fingerprint density at radius 2 is 2.11 bits per heavy atom. The summed E-state index contributed by atoms with van der Waals surface area (Å²) in [6, 6.07) is 1.73. The smallest absolute Gasteiger partial charge is 0.244 e. The second-order valence-electron chi connectivity index (χ2n) is 5.55. The lowest BCUT2D eigenvalue weighted by molar-refractivity contribution is 0.157. The predicted octanol–water partition coefficient (Wildman–Crippen LogP) is 2.26. The molecule has 1 aromatic rings. The van der Waals surface area contributed by atoms with Gasteiger partial charge in [0.1, 0.15) is 0 Å². The summed E-state index contributed by atoms with van der Waals surface area (Å²) in [5, 5.41) is 1.80. The largest absolute Gasteiger partial charge is 0.326 e. The number of nitrogens with zero attached hydrogens (tertiary/aromatic N) is 1. The van der Waals surface area contributed by atoms with Crippen LogP contribution in [0.2, 0.25) is 0 Å². The summed E-state index contributed by atoms with van der Waals surface area (Å²) in [6.45, 7) is 7.12. The molecule has 2 N–H and O–H groups in total. The van der Waals surface area contributed by atoms with Crippen molar-refractivity contribution in [2.75, 3.05) is 6.54 Å². The van der Waals surface area contributed by atoms with E-state index < -0.39 is 10.0 Å². The molecule has 19 heavy (non-hydrogen) atoms. The van der Waals surface area contributed by atoms with Crippen LogP contribution in [0, 0.1) is 11.8 Å². The van der Waals surface area contributed by atoms with Crippen LogP contribution < -0.4 is 5.73 Å². The molecular weight excluding hydrogens is 280 g/mol. The molecular formula is C13H22N2O2S2. The number of thiophene rings is 1. The summed E-state index contributed by atoms with van der Waals surface area (Å²) in [7, 11) is -3.41. The molecule has 6 heteroatoms. The molecule has 0 amide bonds. The second kappa shape index (κ2) is 5.52. The van der Waals surface area contributed by atoms with E-state index in [-0.39, 0.29) is 12.6 Å². The third kappa shape index (κ3) is 2.72. The van der Waals surface area contributed by atoms with Gasteiger partial charge in [0.15, 0.2) is 0 Å². The third-order valence-corrected chi connectivity index (χ3v) is 7.13. The van der Waals surface area contributed by atoms with E-state index in [4.69, 9.17) is 5.73 Å². The Kier molecular flexibility index (Phi) is 4.35. The van der Waals surface area contributed by atoms with Crippen molar-refractivity contribution in [1.29, 1.82) is 0 Å². The van der Waals surface area contributed by atoms with E-state index in [0.29, 0.717) is 23.3 Å². The van der Waals surface area contributed by atoms with E-state index in [1.165, 1.54) is 11.3 Å².